The Morgan fingerprint density at radius 3 is 2.82 bits per heavy atom. The molecular formula is C13H14FN3. The first kappa shape index (κ1) is 10.4. The zero-order valence-corrected chi connectivity index (χ0v) is 9.49. The van der Waals surface area contributed by atoms with Gasteiger partial charge in [-0.3, -0.25) is 0 Å². The van der Waals surface area contributed by atoms with Crippen LogP contribution in [-0.2, 0) is 0 Å². The number of hydrogen-bond donors (Lipinski definition) is 1. The lowest BCUT2D eigenvalue weighted by Gasteiger charge is -2.14. The molecule has 1 fully saturated rings. The summed E-state index contributed by atoms with van der Waals surface area (Å²) in [5, 5.41) is 4.16. The van der Waals surface area contributed by atoms with Gasteiger partial charge in [0.1, 0.15) is 23.5 Å². The van der Waals surface area contributed by atoms with E-state index in [4.69, 9.17) is 0 Å². The molecule has 0 bridgehead atoms. The number of rotatable bonds is 2. The third kappa shape index (κ3) is 1.95. The van der Waals surface area contributed by atoms with E-state index >= 15 is 0 Å². The lowest BCUT2D eigenvalue weighted by molar-refractivity contribution is 0.636. The minimum atomic E-state index is -0.292. The highest BCUT2D eigenvalue weighted by Gasteiger charge is 2.16. The Labute approximate surface area is 99.1 Å². The van der Waals surface area contributed by atoms with Gasteiger partial charge in [0, 0.05) is 11.4 Å². The number of nitrogens with zero attached hydrogens (tertiary/aromatic N) is 2. The molecule has 0 atom stereocenters. The number of benzene rings is 1. The minimum absolute atomic E-state index is 0.292. The maximum absolute atomic E-state index is 13.6. The second-order valence-corrected chi connectivity index (χ2v) is 4.48. The third-order valence-corrected chi connectivity index (χ3v) is 3.31. The topological polar surface area (TPSA) is 37.8 Å². The van der Waals surface area contributed by atoms with Gasteiger partial charge in [-0.05, 0) is 25.0 Å². The molecule has 1 N–H and O–H groups in total. The Kier molecular flexibility index (Phi) is 2.63. The summed E-state index contributed by atoms with van der Waals surface area (Å²) in [5.41, 5.74) is 0.392. The van der Waals surface area contributed by atoms with Gasteiger partial charge in [0.15, 0.2) is 0 Å². The molecule has 1 saturated carbocycles. The van der Waals surface area contributed by atoms with Crippen molar-refractivity contribution in [3.05, 3.63) is 30.3 Å². The summed E-state index contributed by atoms with van der Waals surface area (Å²) in [6, 6.07) is 5.45. The van der Waals surface area contributed by atoms with Crippen LogP contribution in [0.25, 0.3) is 10.9 Å². The van der Waals surface area contributed by atoms with Crippen LogP contribution in [0.15, 0.2) is 24.5 Å². The number of hydrogen-bond acceptors (Lipinski definition) is 3. The zero-order valence-electron chi connectivity index (χ0n) is 9.49. The van der Waals surface area contributed by atoms with Crippen molar-refractivity contribution in [3.8, 4) is 0 Å². The summed E-state index contributed by atoms with van der Waals surface area (Å²) in [5.74, 6) is 0.459. The normalized spacial score (nSPS) is 16.5. The molecule has 0 amide bonds. The fourth-order valence-corrected chi connectivity index (χ4v) is 2.43. The monoisotopic (exact) mass is 231 g/mol. The van der Waals surface area contributed by atoms with E-state index in [1.165, 1.54) is 38.1 Å². The van der Waals surface area contributed by atoms with Crippen molar-refractivity contribution in [1.29, 1.82) is 0 Å². The van der Waals surface area contributed by atoms with Crippen molar-refractivity contribution >= 4 is 16.7 Å². The van der Waals surface area contributed by atoms with Crippen LogP contribution < -0.4 is 5.32 Å². The van der Waals surface area contributed by atoms with Gasteiger partial charge in [0.25, 0.3) is 0 Å². The lowest BCUT2D eigenvalue weighted by atomic mass is 10.2. The van der Waals surface area contributed by atoms with E-state index in [1.54, 1.807) is 6.07 Å². The predicted octanol–water partition coefficient (Wildman–Crippen LogP) is 3.12. The number of halogens is 1. The van der Waals surface area contributed by atoms with Crippen LogP contribution in [0.5, 0.6) is 0 Å². The van der Waals surface area contributed by atoms with Crippen molar-refractivity contribution in [2.45, 2.75) is 31.7 Å². The quantitative estimate of drug-likeness (QED) is 0.862. The smallest absolute Gasteiger partial charge is 0.149 e. The summed E-state index contributed by atoms with van der Waals surface area (Å²) in [6.45, 7) is 0. The molecule has 1 aliphatic rings. The first-order chi connectivity index (χ1) is 8.34. The zero-order chi connectivity index (χ0) is 11.7. The molecule has 2 aromatic rings. The number of anilines is 1. The molecular weight excluding hydrogens is 217 g/mol. The minimum Gasteiger partial charge on any atom is -0.367 e. The Balaban J connectivity index is 2.01. The van der Waals surface area contributed by atoms with E-state index < -0.39 is 0 Å². The van der Waals surface area contributed by atoms with Crippen LogP contribution in [0, 0.1) is 5.82 Å². The number of nitrogens with one attached hydrogen (secondary N) is 1. The van der Waals surface area contributed by atoms with Crippen LogP contribution in [0.1, 0.15) is 25.7 Å². The predicted molar refractivity (Wildman–Crippen MR) is 65.4 cm³/mol. The summed E-state index contributed by atoms with van der Waals surface area (Å²) in [6.07, 6.45) is 6.27. The van der Waals surface area contributed by atoms with Gasteiger partial charge in [-0.2, -0.15) is 0 Å². The molecule has 88 valence electrons. The van der Waals surface area contributed by atoms with Crippen LogP contribution in [0.3, 0.4) is 0 Å². The molecule has 4 heteroatoms. The second kappa shape index (κ2) is 4.28. The lowest BCUT2D eigenvalue weighted by Crippen LogP contribution is -2.15. The van der Waals surface area contributed by atoms with Gasteiger partial charge in [-0.1, -0.05) is 18.9 Å². The maximum atomic E-state index is 13.6. The Morgan fingerprint density at radius 2 is 2.00 bits per heavy atom. The second-order valence-electron chi connectivity index (χ2n) is 4.48. The van der Waals surface area contributed by atoms with Crippen molar-refractivity contribution in [2.24, 2.45) is 0 Å². The van der Waals surface area contributed by atoms with Crippen LogP contribution in [-0.4, -0.2) is 16.0 Å². The Hall–Kier alpha value is -1.71. The average Bonchev–Trinajstić information content (AvgIpc) is 2.83. The van der Waals surface area contributed by atoms with Crippen molar-refractivity contribution in [1.82, 2.24) is 9.97 Å². The van der Waals surface area contributed by atoms with Crippen molar-refractivity contribution < 1.29 is 4.39 Å². The average molecular weight is 231 g/mol. The van der Waals surface area contributed by atoms with Gasteiger partial charge in [-0.25, -0.2) is 14.4 Å². The van der Waals surface area contributed by atoms with Gasteiger partial charge < -0.3 is 5.32 Å². The fraction of sp³-hybridized carbons (Fsp3) is 0.385. The summed E-state index contributed by atoms with van der Waals surface area (Å²) in [4.78, 5) is 8.21. The van der Waals surface area contributed by atoms with Crippen LogP contribution in [0.4, 0.5) is 10.2 Å². The van der Waals surface area contributed by atoms with E-state index in [0.717, 1.165) is 11.2 Å². The molecule has 3 nitrogen and oxygen atoms in total. The SMILES string of the molecule is Fc1cccc2c(NC3CCCC3)ncnc12. The molecule has 0 spiro atoms. The van der Waals surface area contributed by atoms with E-state index in [-0.39, 0.29) is 5.82 Å². The molecule has 0 saturated heterocycles. The van der Waals surface area contributed by atoms with Gasteiger partial charge in [0.05, 0.1) is 0 Å². The molecule has 3 rings (SSSR count). The highest BCUT2D eigenvalue weighted by Crippen LogP contribution is 2.26. The van der Waals surface area contributed by atoms with E-state index in [1.807, 2.05) is 6.07 Å². The van der Waals surface area contributed by atoms with E-state index in [9.17, 15) is 4.39 Å². The highest BCUT2D eigenvalue weighted by atomic mass is 19.1. The third-order valence-electron chi connectivity index (χ3n) is 3.31. The molecule has 0 radical (unpaired) electrons. The molecule has 17 heavy (non-hydrogen) atoms. The van der Waals surface area contributed by atoms with Gasteiger partial charge in [-0.15, -0.1) is 0 Å². The Bertz CT molecular complexity index is 535. The van der Waals surface area contributed by atoms with Gasteiger partial charge in [0.2, 0.25) is 0 Å². The van der Waals surface area contributed by atoms with E-state index in [0.29, 0.717) is 11.6 Å². The first-order valence-electron chi connectivity index (χ1n) is 6.00. The molecule has 1 aromatic heterocycles. The molecule has 0 unspecified atom stereocenters. The van der Waals surface area contributed by atoms with Crippen LogP contribution in [0.2, 0.25) is 0 Å². The molecule has 1 heterocycles. The summed E-state index contributed by atoms with van der Waals surface area (Å²) >= 11 is 0. The van der Waals surface area contributed by atoms with Crippen LogP contribution >= 0.6 is 0 Å². The fourth-order valence-electron chi connectivity index (χ4n) is 2.43. The van der Waals surface area contributed by atoms with E-state index in [2.05, 4.69) is 15.3 Å². The van der Waals surface area contributed by atoms with Crippen molar-refractivity contribution in [3.63, 3.8) is 0 Å². The Morgan fingerprint density at radius 1 is 1.18 bits per heavy atom. The summed E-state index contributed by atoms with van der Waals surface area (Å²) < 4.78 is 13.6. The molecule has 0 aliphatic heterocycles. The van der Waals surface area contributed by atoms with Crippen molar-refractivity contribution in [2.75, 3.05) is 5.32 Å². The number of aromatic nitrogens is 2. The summed E-state index contributed by atoms with van der Waals surface area (Å²) in [7, 11) is 0. The largest absolute Gasteiger partial charge is 0.367 e. The standard InChI is InChI=1S/C13H14FN3/c14-11-7-3-6-10-12(11)15-8-16-13(10)17-9-4-1-2-5-9/h3,6-9H,1-2,4-5H2,(H,15,16,17). The highest BCUT2D eigenvalue weighted by molar-refractivity contribution is 5.89. The first-order valence-corrected chi connectivity index (χ1v) is 6.00. The number of para-hydroxylation sites is 1. The molecule has 1 aromatic carbocycles. The molecule has 1 aliphatic carbocycles. The maximum Gasteiger partial charge on any atom is 0.149 e. The van der Waals surface area contributed by atoms with Gasteiger partial charge >= 0.3 is 0 Å². The number of fused-ring (bicyclic) bond motifs is 1.